The number of fused-ring (bicyclic) bond motifs is 1. The standard InChI is InChI=1S/C18H20N2O/c1-3-13-10-11-17(21-13)18(19-4-2)15-7-5-9-16-14(15)8-6-12-20-16/h5-12,18-19H,3-4H2,1-2H3. The van der Waals surface area contributed by atoms with E-state index >= 15 is 0 Å². The fraction of sp³-hybridized carbons (Fsp3) is 0.278. The number of furan rings is 1. The molecule has 0 aliphatic rings. The molecular weight excluding hydrogens is 260 g/mol. The SMILES string of the molecule is CCNC(c1ccc(CC)o1)c1cccc2ncccc12. The molecule has 0 radical (unpaired) electrons. The molecule has 3 nitrogen and oxygen atoms in total. The van der Waals surface area contributed by atoms with Crippen LogP contribution in [0.25, 0.3) is 10.9 Å². The number of aryl methyl sites for hydroxylation is 1. The smallest absolute Gasteiger partial charge is 0.125 e. The maximum Gasteiger partial charge on any atom is 0.125 e. The highest BCUT2D eigenvalue weighted by Crippen LogP contribution is 2.29. The lowest BCUT2D eigenvalue weighted by molar-refractivity contribution is 0.427. The van der Waals surface area contributed by atoms with Crippen molar-refractivity contribution in [2.45, 2.75) is 26.3 Å². The van der Waals surface area contributed by atoms with Crippen molar-refractivity contribution in [2.75, 3.05) is 6.54 Å². The van der Waals surface area contributed by atoms with Gasteiger partial charge in [-0.25, -0.2) is 0 Å². The fourth-order valence-corrected chi connectivity index (χ4v) is 2.69. The number of hydrogen-bond acceptors (Lipinski definition) is 3. The van der Waals surface area contributed by atoms with Crippen molar-refractivity contribution < 1.29 is 4.42 Å². The molecular formula is C18H20N2O. The second-order valence-electron chi connectivity index (χ2n) is 5.07. The first kappa shape index (κ1) is 13.8. The molecule has 3 aromatic rings. The van der Waals surface area contributed by atoms with Crippen LogP contribution in [0.15, 0.2) is 53.1 Å². The molecule has 3 rings (SSSR count). The van der Waals surface area contributed by atoms with Crippen LogP contribution in [0.1, 0.15) is 37.0 Å². The van der Waals surface area contributed by atoms with Crippen LogP contribution >= 0.6 is 0 Å². The van der Waals surface area contributed by atoms with Crippen molar-refractivity contribution in [3.8, 4) is 0 Å². The van der Waals surface area contributed by atoms with Gasteiger partial charge >= 0.3 is 0 Å². The first-order valence-electron chi connectivity index (χ1n) is 7.49. The summed E-state index contributed by atoms with van der Waals surface area (Å²) in [7, 11) is 0. The van der Waals surface area contributed by atoms with Crippen LogP contribution in [0.2, 0.25) is 0 Å². The van der Waals surface area contributed by atoms with E-state index in [9.17, 15) is 0 Å². The molecule has 2 heterocycles. The van der Waals surface area contributed by atoms with E-state index in [0.717, 1.165) is 30.0 Å². The minimum Gasteiger partial charge on any atom is -0.464 e. The van der Waals surface area contributed by atoms with Crippen molar-refractivity contribution in [2.24, 2.45) is 0 Å². The molecule has 0 bridgehead atoms. The molecule has 2 aromatic heterocycles. The average molecular weight is 280 g/mol. The normalized spacial score (nSPS) is 12.7. The van der Waals surface area contributed by atoms with E-state index in [1.165, 1.54) is 10.9 Å². The lowest BCUT2D eigenvalue weighted by atomic mass is 9.99. The molecule has 21 heavy (non-hydrogen) atoms. The monoisotopic (exact) mass is 280 g/mol. The van der Waals surface area contributed by atoms with E-state index in [1.54, 1.807) is 0 Å². The number of rotatable bonds is 5. The predicted molar refractivity (Wildman–Crippen MR) is 85.3 cm³/mol. The van der Waals surface area contributed by atoms with Gasteiger partial charge in [0.15, 0.2) is 0 Å². The minimum atomic E-state index is 0.0585. The summed E-state index contributed by atoms with van der Waals surface area (Å²) in [6, 6.07) is 14.5. The van der Waals surface area contributed by atoms with Gasteiger partial charge in [-0.1, -0.05) is 32.0 Å². The van der Waals surface area contributed by atoms with Gasteiger partial charge in [-0.15, -0.1) is 0 Å². The number of hydrogen-bond donors (Lipinski definition) is 1. The van der Waals surface area contributed by atoms with E-state index < -0.39 is 0 Å². The molecule has 1 unspecified atom stereocenters. The number of pyridine rings is 1. The summed E-state index contributed by atoms with van der Waals surface area (Å²) in [5, 5.41) is 4.69. The van der Waals surface area contributed by atoms with E-state index in [1.807, 2.05) is 18.3 Å². The van der Waals surface area contributed by atoms with Crippen LogP contribution in [0.3, 0.4) is 0 Å². The van der Waals surface area contributed by atoms with Gasteiger partial charge < -0.3 is 9.73 Å². The Morgan fingerprint density at radius 2 is 2.00 bits per heavy atom. The van der Waals surface area contributed by atoms with Gasteiger partial charge in [-0.05, 0) is 36.4 Å². The van der Waals surface area contributed by atoms with Crippen LogP contribution in [0.4, 0.5) is 0 Å². The average Bonchev–Trinajstić information content (AvgIpc) is 3.01. The largest absolute Gasteiger partial charge is 0.464 e. The minimum absolute atomic E-state index is 0.0585. The van der Waals surface area contributed by atoms with Crippen molar-refractivity contribution in [3.05, 3.63) is 65.7 Å². The molecule has 108 valence electrons. The zero-order valence-corrected chi connectivity index (χ0v) is 12.5. The van der Waals surface area contributed by atoms with E-state index in [4.69, 9.17) is 4.42 Å². The fourth-order valence-electron chi connectivity index (χ4n) is 2.69. The van der Waals surface area contributed by atoms with E-state index in [2.05, 4.69) is 54.5 Å². The third kappa shape index (κ3) is 2.69. The first-order chi connectivity index (χ1) is 10.3. The third-order valence-corrected chi connectivity index (χ3v) is 3.71. The number of nitrogens with one attached hydrogen (secondary N) is 1. The lowest BCUT2D eigenvalue weighted by Crippen LogP contribution is -2.21. The zero-order valence-electron chi connectivity index (χ0n) is 12.5. The summed E-state index contributed by atoms with van der Waals surface area (Å²) in [6.45, 7) is 5.09. The maximum absolute atomic E-state index is 5.97. The van der Waals surface area contributed by atoms with Gasteiger partial charge in [0.2, 0.25) is 0 Å². The van der Waals surface area contributed by atoms with Crippen LogP contribution in [0, 0.1) is 0 Å². The first-order valence-corrected chi connectivity index (χ1v) is 7.49. The molecule has 0 saturated carbocycles. The van der Waals surface area contributed by atoms with Gasteiger partial charge in [-0.3, -0.25) is 4.98 Å². The molecule has 0 fully saturated rings. The second-order valence-corrected chi connectivity index (χ2v) is 5.07. The lowest BCUT2D eigenvalue weighted by Gasteiger charge is -2.18. The Bertz CT molecular complexity index is 727. The van der Waals surface area contributed by atoms with Crippen molar-refractivity contribution in [1.29, 1.82) is 0 Å². The van der Waals surface area contributed by atoms with Gasteiger partial charge in [0.1, 0.15) is 11.5 Å². The summed E-state index contributed by atoms with van der Waals surface area (Å²) < 4.78 is 5.97. The molecule has 1 aromatic carbocycles. The molecule has 0 aliphatic carbocycles. The molecule has 0 aliphatic heterocycles. The molecule has 1 N–H and O–H groups in total. The molecule has 3 heteroatoms. The van der Waals surface area contributed by atoms with Crippen LogP contribution in [-0.2, 0) is 6.42 Å². The van der Waals surface area contributed by atoms with Crippen molar-refractivity contribution in [3.63, 3.8) is 0 Å². The Balaban J connectivity index is 2.11. The summed E-state index contributed by atoms with van der Waals surface area (Å²) in [5.74, 6) is 1.98. The topological polar surface area (TPSA) is 38.1 Å². The van der Waals surface area contributed by atoms with Crippen LogP contribution < -0.4 is 5.32 Å². The van der Waals surface area contributed by atoms with Gasteiger partial charge in [-0.2, -0.15) is 0 Å². The number of aromatic nitrogens is 1. The third-order valence-electron chi connectivity index (χ3n) is 3.71. The Morgan fingerprint density at radius 1 is 1.10 bits per heavy atom. The highest BCUT2D eigenvalue weighted by atomic mass is 16.3. The van der Waals surface area contributed by atoms with E-state index in [-0.39, 0.29) is 6.04 Å². The maximum atomic E-state index is 5.97. The summed E-state index contributed by atoms with van der Waals surface area (Å²) >= 11 is 0. The Hall–Kier alpha value is -2.13. The van der Waals surface area contributed by atoms with Crippen LogP contribution in [-0.4, -0.2) is 11.5 Å². The zero-order chi connectivity index (χ0) is 14.7. The molecule has 1 atom stereocenters. The molecule has 0 saturated heterocycles. The van der Waals surface area contributed by atoms with Crippen LogP contribution in [0.5, 0.6) is 0 Å². The highest BCUT2D eigenvalue weighted by Gasteiger charge is 2.19. The number of benzene rings is 1. The Kier molecular flexibility index (Phi) is 4.02. The van der Waals surface area contributed by atoms with Crippen molar-refractivity contribution >= 4 is 10.9 Å². The molecule has 0 amide bonds. The van der Waals surface area contributed by atoms with Gasteiger partial charge in [0.05, 0.1) is 11.6 Å². The van der Waals surface area contributed by atoms with Gasteiger partial charge in [0, 0.05) is 18.0 Å². The summed E-state index contributed by atoms with van der Waals surface area (Å²) in [6.07, 6.45) is 2.74. The summed E-state index contributed by atoms with van der Waals surface area (Å²) in [4.78, 5) is 4.44. The molecule has 0 spiro atoms. The van der Waals surface area contributed by atoms with E-state index in [0.29, 0.717) is 0 Å². The quantitative estimate of drug-likeness (QED) is 0.765. The second kappa shape index (κ2) is 6.10. The Morgan fingerprint density at radius 3 is 2.76 bits per heavy atom. The summed E-state index contributed by atoms with van der Waals surface area (Å²) in [5.41, 5.74) is 2.22. The predicted octanol–water partition coefficient (Wildman–Crippen LogP) is 4.09. The Labute approximate surface area is 125 Å². The highest BCUT2D eigenvalue weighted by molar-refractivity contribution is 5.82. The van der Waals surface area contributed by atoms with Gasteiger partial charge in [0.25, 0.3) is 0 Å². The van der Waals surface area contributed by atoms with Crippen molar-refractivity contribution in [1.82, 2.24) is 10.3 Å². The number of nitrogens with zero attached hydrogens (tertiary/aromatic N) is 1.